The maximum absolute atomic E-state index is 13.1. The Bertz CT molecular complexity index is 1090. The minimum absolute atomic E-state index is 0.0308. The van der Waals surface area contributed by atoms with Crippen LogP contribution in [0.25, 0.3) is 0 Å². The average Bonchev–Trinajstić information content (AvgIpc) is 2.59. The molecule has 0 radical (unpaired) electrons. The highest BCUT2D eigenvalue weighted by Gasteiger charge is 2.34. The van der Waals surface area contributed by atoms with E-state index in [4.69, 9.17) is 4.18 Å². The maximum Gasteiger partial charge on any atom is 0.338 e. The van der Waals surface area contributed by atoms with Crippen molar-refractivity contribution in [3.8, 4) is 0 Å². The second-order valence-corrected chi connectivity index (χ2v) is 12.8. The number of benzene rings is 2. The summed E-state index contributed by atoms with van der Waals surface area (Å²) in [6.07, 6.45) is 0. The summed E-state index contributed by atoms with van der Waals surface area (Å²) in [5.41, 5.74) is 0.973. The summed E-state index contributed by atoms with van der Waals surface area (Å²) < 4.78 is 56.9. The minimum Gasteiger partial charge on any atom is -0.381 e. The van der Waals surface area contributed by atoms with Gasteiger partial charge in [-0.2, -0.15) is 8.42 Å². The molecule has 0 atom stereocenters. The molecule has 0 saturated carbocycles. The molecule has 0 amide bonds. The van der Waals surface area contributed by atoms with Gasteiger partial charge in [0.2, 0.25) is 9.84 Å². The van der Waals surface area contributed by atoms with Crippen molar-refractivity contribution in [3.05, 3.63) is 68.3 Å². The zero-order chi connectivity index (χ0) is 21.3. The number of hydrogen-bond donors (Lipinski definition) is 0. The van der Waals surface area contributed by atoms with E-state index in [0.29, 0.717) is 0 Å². The first-order valence-electron chi connectivity index (χ1n) is 8.48. The van der Waals surface area contributed by atoms with Gasteiger partial charge in [0.05, 0.1) is 4.90 Å². The normalized spacial score (nSPS) is 13.8. The molecule has 0 heterocycles. The first-order valence-corrected chi connectivity index (χ1v) is 12.5. The molecule has 0 aromatic heterocycles. The van der Waals surface area contributed by atoms with Crippen molar-refractivity contribution in [2.75, 3.05) is 0 Å². The fraction of sp³-hybridized carbons (Fsp3) is 0.300. The highest BCUT2D eigenvalue weighted by atomic mass is 127. The molecule has 0 unspecified atom stereocenters. The second-order valence-electron chi connectivity index (χ2n) is 7.52. The van der Waals surface area contributed by atoms with Gasteiger partial charge in [0, 0.05) is 5.41 Å². The number of aryl methyl sites for hydroxylation is 2. The Morgan fingerprint density at radius 2 is 1.18 bits per heavy atom. The summed E-state index contributed by atoms with van der Waals surface area (Å²) in [5.74, 6) is -0.116. The SMILES string of the molecule is Cc1ccc(S(=O)(=O)O/C(=C(/I)S(=O)(=O)c2ccc(C)cc2)C(C)(C)C)cc1. The molecule has 152 valence electrons. The van der Waals surface area contributed by atoms with Crippen LogP contribution in [0.5, 0.6) is 0 Å². The van der Waals surface area contributed by atoms with Crippen molar-refractivity contribution < 1.29 is 21.0 Å². The van der Waals surface area contributed by atoms with Gasteiger partial charge in [-0.15, -0.1) is 0 Å². The van der Waals surface area contributed by atoms with E-state index >= 15 is 0 Å². The largest absolute Gasteiger partial charge is 0.381 e. The van der Waals surface area contributed by atoms with E-state index in [2.05, 4.69) is 0 Å². The van der Waals surface area contributed by atoms with Gasteiger partial charge < -0.3 is 4.18 Å². The van der Waals surface area contributed by atoms with Crippen LogP contribution in [0, 0.1) is 19.3 Å². The van der Waals surface area contributed by atoms with Crippen molar-refractivity contribution >= 4 is 42.5 Å². The van der Waals surface area contributed by atoms with Crippen molar-refractivity contribution in [1.29, 1.82) is 0 Å². The zero-order valence-electron chi connectivity index (χ0n) is 16.4. The van der Waals surface area contributed by atoms with Gasteiger partial charge in [-0.1, -0.05) is 56.2 Å². The fourth-order valence-corrected chi connectivity index (χ4v) is 6.55. The van der Waals surface area contributed by atoms with E-state index in [0.717, 1.165) is 11.1 Å². The Hall–Kier alpha value is -1.39. The summed E-state index contributed by atoms with van der Waals surface area (Å²) in [5, 5.41) is 0. The molecular formula is C20H23IO5S2. The predicted octanol–water partition coefficient (Wildman–Crippen LogP) is 5.13. The van der Waals surface area contributed by atoms with Gasteiger partial charge in [-0.25, -0.2) is 8.42 Å². The van der Waals surface area contributed by atoms with Gasteiger partial charge in [0.15, 0.2) is 5.76 Å². The van der Waals surface area contributed by atoms with E-state index in [1.165, 1.54) is 24.3 Å². The fourth-order valence-electron chi connectivity index (χ4n) is 2.26. The van der Waals surface area contributed by atoms with Crippen LogP contribution in [-0.2, 0) is 24.1 Å². The summed E-state index contributed by atoms with van der Waals surface area (Å²) in [6, 6.07) is 12.6. The van der Waals surface area contributed by atoms with Crippen LogP contribution in [0.4, 0.5) is 0 Å². The van der Waals surface area contributed by atoms with Crippen LogP contribution in [0.2, 0.25) is 0 Å². The molecule has 0 saturated heterocycles. The Morgan fingerprint density at radius 3 is 1.57 bits per heavy atom. The van der Waals surface area contributed by atoms with E-state index in [9.17, 15) is 16.8 Å². The third-order valence-electron chi connectivity index (χ3n) is 3.93. The van der Waals surface area contributed by atoms with E-state index < -0.39 is 25.4 Å². The molecule has 0 fully saturated rings. The Labute approximate surface area is 181 Å². The summed E-state index contributed by atoms with van der Waals surface area (Å²) >= 11 is 1.65. The molecule has 0 N–H and O–H groups in total. The maximum atomic E-state index is 13.1. The van der Waals surface area contributed by atoms with E-state index in [1.807, 2.05) is 13.8 Å². The molecule has 0 spiro atoms. The van der Waals surface area contributed by atoms with Gasteiger partial charge in [-0.05, 0) is 60.7 Å². The monoisotopic (exact) mass is 534 g/mol. The number of hydrogen-bond acceptors (Lipinski definition) is 5. The number of rotatable bonds is 5. The first kappa shape index (κ1) is 22.9. The molecule has 2 aromatic rings. The molecule has 2 aromatic carbocycles. The van der Waals surface area contributed by atoms with Gasteiger partial charge in [0.1, 0.15) is 7.81 Å². The second kappa shape index (κ2) is 8.16. The molecule has 0 aliphatic carbocycles. The van der Waals surface area contributed by atoms with Crippen LogP contribution in [0.1, 0.15) is 31.9 Å². The van der Waals surface area contributed by atoms with Gasteiger partial charge in [-0.3, -0.25) is 0 Å². The lowest BCUT2D eigenvalue weighted by Crippen LogP contribution is -2.20. The Morgan fingerprint density at radius 1 is 0.786 bits per heavy atom. The van der Waals surface area contributed by atoms with Gasteiger partial charge >= 0.3 is 10.1 Å². The molecule has 0 bridgehead atoms. The lowest BCUT2D eigenvalue weighted by atomic mass is 9.95. The summed E-state index contributed by atoms with van der Waals surface area (Å²) in [6.45, 7) is 8.81. The molecule has 8 heteroatoms. The smallest absolute Gasteiger partial charge is 0.338 e. The number of allylic oxidation sites excluding steroid dienone is 1. The highest BCUT2D eigenvalue weighted by molar-refractivity contribution is 14.1. The van der Waals surface area contributed by atoms with Crippen LogP contribution < -0.4 is 0 Å². The van der Waals surface area contributed by atoms with Gasteiger partial charge in [0.25, 0.3) is 0 Å². The molecular weight excluding hydrogens is 511 g/mol. The van der Waals surface area contributed by atoms with Crippen LogP contribution >= 0.6 is 22.6 Å². The molecule has 0 aliphatic heterocycles. The van der Waals surface area contributed by atoms with E-state index in [1.54, 1.807) is 67.6 Å². The minimum atomic E-state index is -4.18. The van der Waals surface area contributed by atoms with Crippen LogP contribution in [0.3, 0.4) is 0 Å². The number of halogens is 1. The lowest BCUT2D eigenvalue weighted by Gasteiger charge is -2.24. The van der Waals surface area contributed by atoms with Crippen LogP contribution in [0.15, 0.2) is 67.0 Å². The first-order chi connectivity index (χ1) is 12.7. The van der Waals surface area contributed by atoms with Crippen molar-refractivity contribution in [3.63, 3.8) is 0 Å². The van der Waals surface area contributed by atoms with Crippen LogP contribution in [-0.4, -0.2) is 16.8 Å². The molecule has 28 heavy (non-hydrogen) atoms. The molecule has 0 aliphatic rings. The van der Waals surface area contributed by atoms with Crippen molar-refractivity contribution in [1.82, 2.24) is 0 Å². The topological polar surface area (TPSA) is 77.5 Å². The Kier molecular flexibility index (Phi) is 6.67. The number of sulfone groups is 1. The summed E-state index contributed by atoms with van der Waals surface area (Å²) in [4.78, 5) is 0.0531. The van der Waals surface area contributed by atoms with Crippen molar-refractivity contribution in [2.24, 2.45) is 5.41 Å². The van der Waals surface area contributed by atoms with Crippen molar-refractivity contribution in [2.45, 2.75) is 44.4 Å². The highest BCUT2D eigenvalue weighted by Crippen LogP contribution is 2.39. The summed E-state index contributed by atoms with van der Waals surface area (Å²) in [7, 11) is -8.10. The molecule has 5 nitrogen and oxygen atoms in total. The average molecular weight is 534 g/mol. The lowest BCUT2D eigenvalue weighted by molar-refractivity contribution is 0.296. The standard InChI is InChI=1S/C20H23IO5S2/c1-14-6-10-16(11-7-14)27(22,23)19(21)18(20(3,4)5)26-28(24,25)17-12-8-15(2)9-13-17/h6-13H,1-5H3/b19-18-. The third-order valence-corrected chi connectivity index (χ3v) is 8.94. The predicted molar refractivity (Wildman–Crippen MR) is 118 cm³/mol. The Balaban J connectivity index is 2.59. The quantitative estimate of drug-likeness (QED) is 0.302. The zero-order valence-corrected chi connectivity index (χ0v) is 20.1. The molecule has 2 rings (SSSR count). The third kappa shape index (κ3) is 5.15. The van der Waals surface area contributed by atoms with E-state index in [-0.39, 0.29) is 18.5 Å².